The maximum absolute atomic E-state index is 13.0. The Hall–Kier alpha value is -2.31. The van der Waals surface area contributed by atoms with Crippen molar-refractivity contribution >= 4 is 46.0 Å². The number of hydrogen-bond donors (Lipinski definition) is 0. The Kier molecular flexibility index (Phi) is 6.65. The van der Waals surface area contributed by atoms with Crippen molar-refractivity contribution in [3.8, 4) is 11.5 Å². The van der Waals surface area contributed by atoms with Gasteiger partial charge in [-0.05, 0) is 74.2 Å². The van der Waals surface area contributed by atoms with E-state index in [1.54, 1.807) is 12.0 Å². The van der Waals surface area contributed by atoms with Gasteiger partial charge in [0.25, 0.3) is 5.91 Å². The number of thioether (sulfide) groups is 1. The van der Waals surface area contributed by atoms with Crippen molar-refractivity contribution in [2.75, 3.05) is 12.0 Å². The van der Waals surface area contributed by atoms with Crippen LogP contribution in [0, 0.1) is 13.8 Å². The Morgan fingerprint density at radius 2 is 1.90 bits per heavy atom. The van der Waals surface area contributed by atoms with Gasteiger partial charge in [-0.1, -0.05) is 43.0 Å². The lowest BCUT2D eigenvalue weighted by molar-refractivity contribution is -0.113. The Morgan fingerprint density at radius 3 is 2.55 bits per heavy atom. The molecule has 0 radical (unpaired) electrons. The molecule has 1 unspecified atom stereocenters. The fourth-order valence-electron chi connectivity index (χ4n) is 2.88. The number of amides is 1. The number of ether oxygens (including phenoxy) is 2. The zero-order valence-corrected chi connectivity index (χ0v) is 18.9. The van der Waals surface area contributed by atoms with E-state index in [9.17, 15) is 4.79 Å². The molecular formula is C23H25NO3S2. The summed E-state index contributed by atoms with van der Waals surface area (Å²) < 4.78 is 11.9. The van der Waals surface area contributed by atoms with Crippen molar-refractivity contribution in [2.45, 2.75) is 40.2 Å². The van der Waals surface area contributed by atoms with Crippen LogP contribution in [-0.2, 0) is 4.79 Å². The quantitative estimate of drug-likeness (QED) is 0.424. The number of rotatable bonds is 6. The number of anilines is 1. The lowest BCUT2D eigenvalue weighted by atomic mass is 10.1. The Morgan fingerprint density at radius 1 is 1.14 bits per heavy atom. The summed E-state index contributed by atoms with van der Waals surface area (Å²) in [7, 11) is 1.61. The number of carbonyl (C=O) groups is 1. The molecular weight excluding hydrogens is 402 g/mol. The molecule has 3 rings (SSSR count). The molecule has 1 amide bonds. The average Bonchev–Trinajstić information content (AvgIpc) is 2.98. The summed E-state index contributed by atoms with van der Waals surface area (Å²) in [5.74, 6) is 1.23. The fraction of sp³-hybridized carbons (Fsp3) is 0.304. The third kappa shape index (κ3) is 4.65. The van der Waals surface area contributed by atoms with Crippen LogP contribution in [0.2, 0.25) is 0 Å². The van der Waals surface area contributed by atoms with Crippen molar-refractivity contribution in [1.82, 2.24) is 0 Å². The van der Waals surface area contributed by atoms with Gasteiger partial charge in [-0.25, -0.2) is 0 Å². The topological polar surface area (TPSA) is 38.8 Å². The van der Waals surface area contributed by atoms with Crippen LogP contribution in [0.25, 0.3) is 6.08 Å². The first-order valence-corrected chi connectivity index (χ1v) is 10.8. The average molecular weight is 428 g/mol. The second-order valence-electron chi connectivity index (χ2n) is 7.03. The highest BCUT2D eigenvalue weighted by Crippen LogP contribution is 2.37. The molecule has 1 fully saturated rings. The van der Waals surface area contributed by atoms with Crippen LogP contribution in [0.5, 0.6) is 11.5 Å². The molecule has 6 heteroatoms. The molecule has 0 aliphatic carbocycles. The molecule has 1 aliphatic rings. The molecule has 0 bridgehead atoms. The standard InChI is InChI=1S/C23H25NO3S2/c1-6-16(4)27-19-10-8-17(12-20(19)26-5)13-21-22(25)24(23(28)29-21)18-9-7-14(2)15(3)11-18/h7-13,16H,6H2,1-5H3/b21-13+. The van der Waals surface area contributed by atoms with Gasteiger partial charge >= 0.3 is 0 Å². The van der Waals surface area contributed by atoms with Gasteiger partial charge in [0.15, 0.2) is 15.8 Å². The van der Waals surface area contributed by atoms with Gasteiger partial charge in [0.05, 0.1) is 23.8 Å². The summed E-state index contributed by atoms with van der Waals surface area (Å²) in [6, 6.07) is 11.6. The number of methoxy groups -OCH3 is 1. The number of hydrogen-bond acceptors (Lipinski definition) is 5. The minimum absolute atomic E-state index is 0.101. The maximum Gasteiger partial charge on any atom is 0.270 e. The van der Waals surface area contributed by atoms with Crippen molar-refractivity contribution in [2.24, 2.45) is 0 Å². The van der Waals surface area contributed by atoms with Gasteiger partial charge in [0, 0.05) is 0 Å². The first-order chi connectivity index (χ1) is 13.8. The molecule has 0 saturated carbocycles. The molecule has 152 valence electrons. The number of nitrogens with zero attached hydrogens (tertiary/aromatic N) is 1. The largest absolute Gasteiger partial charge is 0.493 e. The van der Waals surface area contributed by atoms with Gasteiger partial charge in [-0.3, -0.25) is 9.69 Å². The molecule has 1 aliphatic heterocycles. The Labute approximate surface area is 181 Å². The van der Waals surface area contributed by atoms with Crippen LogP contribution >= 0.6 is 24.0 Å². The van der Waals surface area contributed by atoms with Crippen molar-refractivity contribution in [3.63, 3.8) is 0 Å². The van der Waals surface area contributed by atoms with E-state index in [-0.39, 0.29) is 12.0 Å². The van der Waals surface area contributed by atoms with E-state index < -0.39 is 0 Å². The van der Waals surface area contributed by atoms with Crippen LogP contribution in [0.4, 0.5) is 5.69 Å². The van der Waals surface area contributed by atoms with Gasteiger partial charge in [0.1, 0.15) is 0 Å². The van der Waals surface area contributed by atoms with Gasteiger partial charge in [-0.15, -0.1) is 0 Å². The summed E-state index contributed by atoms with van der Waals surface area (Å²) in [6.07, 6.45) is 2.85. The predicted molar refractivity (Wildman–Crippen MR) is 125 cm³/mol. The van der Waals surface area contributed by atoms with E-state index in [1.165, 1.54) is 17.3 Å². The van der Waals surface area contributed by atoms with Crippen LogP contribution in [0.1, 0.15) is 37.0 Å². The maximum atomic E-state index is 13.0. The normalized spacial score (nSPS) is 16.4. The van der Waals surface area contributed by atoms with Crippen molar-refractivity contribution in [3.05, 3.63) is 58.0 Å². The van der Waals surface area contributed by atoms with Gasteiger partial charge < -0.3 is 9.47 Å². The van der Waals surface area contributed by atoms with Gasteiger partial charge in [-0.2, -0.15) is 0 Å². The van der Waals surface area contributed by atoms with Crippen LogP contribution in [0.3, 0.4) is 0 Å². The van der Waals surface area contributed by atoms with E-state index in [2.05, 4.69) is 6.92 Å². The molecule has 0 spiro atoms. The van der Waals surface area contributed by atoms with E-state index in [4.69, 9.17) is 21.7 Å². The predicted octanol–water partition coefficient (Wildman–Crippen LogP) is 5.90. The fourth-order valence-corrected chi connectivity index (χ4v) is 4.18. The Balaban J connectivity index is 1.88. The highest BCUT2D eigenvalue weighted by atomic mass is 32.2. The first kappa shape index (κ1) is 21.4. The van der Waals surface area contributed by atoms with Crippen LogP contribution in [0.15, 0.2) is 41.3 Å². The number of thiocarbonyl (C=S) groups is 1. The van der Waals surface area contributed by atoms with Crippen molar-refractivity contribution in [1.29, 1.82) is 0 Å². The second kappa shape index (κ2) is 9.01. The molecule has 2 aromatic rings. The molecule has 0 N–H and O–H groups in total. The van der Waals surface area contributed by atoms with Crippen LogP contribution < -0.4 is 14.4 Å². The second-order valence-corrected chi connectivity index (χ2v) is 8.71. The van der Waals surface area contributed by atoms with E-state index in [0.29, 0.717) is 20.7 Å². The third-order valence-corrected chi connectivity index (χ3v) is 6.23. The molecule has 2 aromatic carbocycles. The first-order valence-electron chi connectivity index (χ1n) is 9.54. The van der Waals surface area contributed by atoms with E-state index in [0.717, 1.165) is 23.2 Å². The van der Waals surface area contributed by atoms with E-state index in [1.807, 2.05) is 63.2 Å². The minimum Gasteiger partial charge on any atom is -0.493 e. The number of carbonyl (C=O) groups excluding carboxylic acids is 1. The number of benzene rings is 2. The number of aryl methyl sites for hydroxylation is 2. The van der Waals surface area contributed by atoms with E-state index >= 15 is 0 Å². The smallest absolute Gasteiger partial charge is 0.270 e. The summed E-state index contributed by atoms with van der Waals surface area (Å²) in [4.78, 5) is 15.2. The molecule has 4 nitrogen and oxygen atoms in total. The molecule has 1 atom stereocenters. The van der Waals surface area contributed by atoms with Gasteiger partial charge in [0.2, 0.25) is 0 Å². The SMILES string of the molecule is CCC(C)Oc1ccc(/C=C2/SC(=S)N(c3ccc(C)c(C)c3)C2=O)cc1OC. The van der Waals surface area contributed by atoms with Crippen LogP contribution in [-0.4, -0.2) is 23.4 Å². The monoisotopic (exact) mass is 427 g/mol. The highest BCUT2D eigenvalue weighted by Gasteiger charge is 2.33. The molecule has 1 saturated heterocycles. The summed E-state index contributed by atoms with van der Waals surface area (Å²) >= 11 is 6.79. The summed E-state index contributed by atoms with van der Waals surface area (Å²) in [5, 5.41) is 0. The lowest BCUT2D eigenvalue weighted by Gasteiger charge is -2.16. The van der Waals surface area contributed by atoms with Crippen molar-refractivity contribution < 1.29 is 14.3 Å². The zero-order valence-electron chi connectivity index (χ0n) is 17.3. The molecule has 1 heterocycles. The lowest BCUT2D eigenvalue weighted by Crippen LogP contribution is -2.27. The highest BCUT2D eigenvalue weighted by molar-refractivity contribution is 8.27. The zero-order chi connectivity index (χ0) is 21.1. The Bertz CT molecular complexity index is 984. The minimum atomic E-state index is -0.109. The summed E-state index contributed by atoms with van der Waals surface area (Å²) in [6.45, 7) is 8.17. The summed E-state index contributed by atoms with van der Waals surface area (Å²) in [5.41, 5.74) is 3.97. The molecule has 29 heavy (non-hydrogen) atoms. The third-order valence-electron chi connectivity index (χ3n) is 4.93. The molecule has 0 aromatic heterocycles.